The van der Waals surface area contributed by atoms with Crippen LogP contribution in [0.5, 0.6) is 0 Å². The molecule has 21 heavy (non-hydrogen) atoms. The smallest absolute Gasteiger partial charge is 0.392 e. The van der Waals surface area contributed by atoms with E-state index in [1.54, 1.807) is 0 Å². The van der Waals surface area contributed by atoms with Crippen molar-refractivity contribution in [1.29, 1.82) is 0 Å². The van der Waals surface area contributed by atoms with Gasteiger partial charge in [0, 0.05) is 37.0 Å². The first kappa shape index (κ1) is 20.9. The summed E-state index contributed by atoms with van der Waals surface area (Å²) in [6.07, 6.45) is 0.969. The minimum absolute atomic E-state index is 0.0512. The Kier molecular flexibility index (Phi) is 10.6. The summed E-state index contributed by atoms with van der Waals surface area (Å²) >= 11 is 1.16. The molecule has 0 aromatic heterocycles. The van der Waals surface area contributed by atoms with Crippen molar-refractivity contribution in [1.82, 2.24) is 0 Å². The summed E-state index contributed by atoms with van der Waals surface area (Å²) in [5.41, 5.74) is 0. The molecule has 0 atom stereocenters. The maximum absolute atomic E-state index is 10.7. The molecule has 0 aliphatic rings. The lowest BCUT2D eigenvalue weighted by Crippen LogP contribution is -2.50. The van der Waals surface area contributed by atoms with Gasteiger partial charge in [0.25, 0.3) is 0 Å². The highest BCUT2D eigenvalue weighted by molar-refractivity contribution is 7.95. The van der Waals surface area contributed by atoms with E-state index >= 15 is 0 Å². The Bertz CT molecular complexity index is 271. The lowest BCUT2D eigenvalue weighted by Gasteiger charge is -2.34. The monoisotopic (exact) mass is 338 g/mol. The number of hydrogen-bond acceptors (Lipinski definition) is 6. The van der Waals surface area contributed by atoms with Crippen molar-refractivity contribution in [3.05, 3.63) is 0 Å². The molecule has 0 spiro atoms. The molecule has 0 bridgehead atoms. The molecule has 5 nitrogen and oxygen atoms in total. The third-order valence-electron chi connectivity index (χ3n) is 2.13. The Morgan fingerprint density at radius 3 is 1.71 bits per heavy atom. The molecule has 0 amide bonds. The van der Waals surface area contributed by atoms with Crippen LogP contribution in [-0.2, 0) is 22.3 Å². The van der Waals surface area contributed by atoms with Gasteiger partial charge in [0.1, 0.15) is 0 Å². The topological polar surface area (TPSA) is 54.0 Å². The van der Waals surface area contributed by atoms with Gasteiger partial charge in [-0.2, -0.15) is 0 Å². The van der Waals surface area contributed by atoms with E-state index in [2.05, 4.69) is 0 Å². The first-order valence-corrected chi connectivity index (χ1v) is 10.3. The summed E-state index contributed by atoms with van der Waals surface area (Å²) in [6, 6.07) is 0.718. The molecule has 0 aromatic carbocycles. The summed E-state index contributed by atoms with van der Waals surface area (Å²) in [5, 5.41) is 0. The van der Waals surface area contributed by atoms with Crippen molar-refractivity contribution in [2.24, 2.45) is 0 Å². The number of hydrogen-bond donors (Lipinski definition) is 0. The standard InChI is InChI=1S/C14H30O5SSi/c1-11(2)17-21(18-12(3)4,19-13(5)6)10-8-9-20-16-14(7)15/h11-13H,8-10H2,1-7H3. The maximum atomic E-state index is 10.7. The van der Waals surface area contributed by atoms with Gasteiger partial charge in [0.2, 0.25) is 0 Å². The van der Waals surface area contributed by atoms with Crippen LogP contribution in [0.4, 0.5) is 0 Å². The van der Waals surface area contributed by atoms with Crippen LogP contribution in [0.25, 0.3) is 0 Å². The van der Waals surface area contributed by atoms with Crippen molar-refractivity contribution < 1.29 is 22.3 Å². The molecule has 0 N–H and O–H groups in total. The van der Waals surface area contributed by atoms with Crippen molar-refractivity contribution >= 4 is 26.8 Å². The summed E-state index contributed by atoms with van der Waals surface area (Å²) in [5.74, 6) is 0.428. The fraction of sp³-hybridized carbons (Fsp3) is 0.929. The van der Waals surface area contributed by atoms with Gasteiger partial charge in [-0.05, 0) is 48.0 Å². The summed E-state index contributed by atoms with van der Waals surface area (Å²) in [4.78, 5) is 10.7. The molecule has 0 unspecified atom stereocenters. The van der Waals surface area contributed by atoms with Crippen molar-refractivity contribution in [2.75, 3.05) is 5.75 Å². The van der Waals surface area contributed by atoms with Gasteiger partial charge >= 0.3 is 14.8 Å². The zero-order chi connectivity index (χ0) is 16.5. The second-order valence-corrected chi connectivity index (χ2v) is 9.07. The Labute approximate surface area is 134 Å². The number of carbonyl (C=O) groups is 1. The van der Waals surface area contributed by atoms with E-state index < -0.39 is 8.80 Å². The van der Waals surface area contributed by atoms with Crippen molar-refractivity contribution in [3.63, 3.8) is 0 Å². The highest BCUT2D eigenvalue weighted by Crippen LogP contribution is 2.24. The molecular formula is C14H30O5SSi. The SMILES string of the molecule is CC(=O)OSCCC[Si](OC(C)C)(OC(C)C)OC(C)C. The summed E-state index contributed by atoms with van der Waals surface area (Å²) in [7, 11) is -2.72. The minimum atomic E-state index is -2.72. The van der Waals surface area contributed by atoms with Gasteiger partial charge in [-0.3, -0.25) is 4.79 Å². The molecule has 7 heteroatoms. The van der Waals surface area contributed by atoms with Gasteiger partial charge in [0.15, 0.2) is 0 Å². The van der Waals surface area contributed by atoms with Crippen LogP contribution < -0.4 is 0 Å². The van der Waals surface area contributed by atoms with E-state index in [1.165, 1.54) is 6.92 Å². The van der Waals surface area contributed by atoms with Crippen LogP contribution in [0.1, 0.15) is 54.9 Å². The van der Waals surface area contributed by atoms with Gasteiger partial charge in [-0.25, -0.2) is 0 Å². The fourth-order valence-electron chi connectivity index (χ4n) is 1.81. The van der Waals surface area contributed by atoms with E-state index in [0.717, 1.165) is 24.5 Å². The average Bonchev–Trinajstić information content (AvgIpc) is 2.24. The van der Waals surface area contributed by atoms with Crippen LogP contribution >= 0.6 is 12.0 Å². The lowest BCUT2D eigenvalue weighted by molar-refractivity contribution is -0.130. The lowest BCUT2D eigenvalue weighted by atomic mass is 10.5. The molecule has 126 valence electrons. The second kappa shape index (κ2) is 10.6. The Hall–Kier alpha value is -0.0831. The van der Waals surface area contributed by atoms with Crippen LogP contribution in [0.3, 0.4) is 0 Å². The minimum Gasteiger partial charge on any atom is -0.392 e. The van der Waals surface area contributed by atoms with E-state index in [1.807, 2.05) is 41.5 Å². The normalized spacial score (nSPS) is 12.5. The van der Waals surface area contributed by atoms with Crippen LogP contribution in [0, 0.1) is 0 Å². The molecule has 0 aromatic rings. The van der Waals surface area contributed by atoms with Crippen LogP contribution in [0.2, 0.25) is 6.04 Å². The maximum Gasteiger partial charge on any atom is 0.501 e. The molecule has 0 rings (SSSR count). The van der Waals surface area contributed by atoms with Gasteiger partial charge in [-0.15, -0.1) is 0 Å². The zero-order valence-electron chi connectivity index (χ0n) is 14.3. The highest BCUT2D eigenvalue weighted by atomic mass is 32.2. The van der Waals surface area contributed by atoms with E-state index in [-0.39, 0.29) is 24.3 Å². The molecular weight excluding hydrogens is 308 g/mol. The molecule has 0 heterocycles. The van der Waals surface area contributed by atoms with Gasteiger partial charge in [0.05, 0.1) is 12.0 Å². The first-order valence-electron chi connectivity index (χ1n) is 7.50. The predicted octanol–water partition coefficient (Wildman–Crippen LogP) is 3.80. The highest BCUT2D eigenvalue weighted by Gasteiger charge is 2.43. The third kappa shape index (κ3) is 11.2. The van der Waals surface area contributed by atoms with Crippen molar-refractivity contribution in [3.8, 4) is 0 Å². The molecule has 0 aliphatic heterocycles. The third-order valence-corrected chi connectivity index (χ3v) is 6.40. The molecule has 0 saturated carbocycles. The summed E-state index contributed by atoms with van der Waals surface area (Å²) in [6.45, 7) is 13.3. The van der Waals surface area contributed by atoms with Crippen LogP contribution in [0.15, 0.2) is 0 Å². The van der Waals surface area contributed by atoms with E-state index in [9.17, 15) is 4.79 Å². The van der Waals surface area contributed by atoms with Crippen LogP contribution in [-0.4, -0.2) is 38.8 Å². The summed E-state index contributed by atoms with van der Waals surface area (Å²) < 4.78 is 23.1. The first-order chi connectivity index (χ1) is 9.67. The van der Waals surface area contributed by atoms with E-state index in [0.29, 0.717) is 5.75 Å². The molecule has 0 radical (unpaired) electrons. The fourth-order valence-corrected chi connectivity index (χ4v) is 5.86. The quantitative estimate of drug-likeness (QED) is 0.324. The Morgan fingerprint density at radius 2 is 1.38 bits per heavy atom. The number of rotatable bonds is 11. The Balaban J connectivity index is 4.61. The predicted molar refractivity (Wildman–Crippen MR) is 88.1 cm³/mol. The molecule has 0 aliphatic carbocycles. The molecule has 0 fully saturated rings. The van der Waals surface area contributed by atoms with E-state index in [4.69, 9.17) is 17.5 Å². The number of carbonyl (C=O) groups excluding carboxylic acids is 1. The van der Waals surface area contributed by atoms with Gasteiger partial charge in [-0.1, -0.05) is 0 Å². The largest absolute Gasteiger partial charge is 0.501 e. The van der Waals surface area contributed by atoms with Gasteiger partial charge < -0.3 is 17.5 Å². The van der Waals surface area contributed by atoms with Crippen molar-refractivity contribution in [2.45, 2.75) is 79.2 Å². The average molecular weight is 339 g/mol. The zero-order valence-corrected chi connectivity index (χ0v) is 16.1. The Morgan fingerprint density at radius 1 is 0.952 bits per heavy atom. The molecule has 0 saturated heterocycles. The second-order valence-electron chi connectivity index (χ2n) is 5.68.